The van der Waals surface area contributed by atoms with Gasteiger partial charge in [0, 0.05) is 5.69 Å². The first-order chi connectivity index (χ1) is 5.13. The van der Waals surface area contributed by atoms with Crippen molar-refractivity contribution in [2.45, 2.75) is 0 Å². The number of hydrogen-bond donors (Lipinski definition) is 2. The highest BCUT2D eigenvalue weighted by atomic mass is 16.4. The van der Waals surface area contributed by atoms with Crippen LogP contribution in [0.15, 0.2) is 18.2 Å². The summed E-state index contributed by atoms with van der Waals surface area (Å²) in [7, 11) is 1.72. The van der Waals surface area contributed by atoms with Gasteiger partial charge in [-0.15, -0.1) is 0 Å². The Morgan fingerprint density at radius 1 is 1.55 bits per heavy atom. The van der Waals surface area contributed by atoms with Crippen molar-refractivity contribution >= 4 is 25.0 Å². The van der Waals surface area contributed by atoms with Crippen molar-refractivity contribution in [2.75, 3.05) is 5.73 Å². The van der Waals surface area contributed by atoms with Crippen LogP contribution in [0.4, 0.5) is 5.69 Å². The number of carboxylic acid groups (broad SMARTS) is 1. The Hall–Kier alpha value is -1.45. The molecule has 3 nitrogen and oxygen atoms in total. The van der Waals surface area contributed by atoms with Gasteiger partial charge in [-0.25, -0.2) is 4.79 Å². The summed E-state index contributed by atoms with van der Waals surface area (Å²) in [6.45, 7) is 0. The smallest absolute Gasteiger partial charge is 0.337 e. The van der Waals surface area contributed by atoms with Crippen molar-refractivity contribution < 1.29 is 9.90 Å². The molecule has 0 saturated heterocycles. The molecule has 0 saturated carbocycles. The molecule has 11 heavy (non-hydrogen) atoms. The lowest BCUT2D eigenvalue weighted by molar-refractivity contribution is 0.0699. The van der Waals surface area contributed by atoms with Crippen molar-refractivity contribution in [3.05, 3.63) is 23.8 Å². The van der Waals surface area contributed by atoms with Gasteiger partial charge in [-0.05, 0) is 6.07 Å². The van der Waals surface area contributed by atoms with Crippen molar-refractivity contribution in [2.24, 2.45) is 0 Å². The number of anilines is 1. The molecule has 0 radical (unpaired) electrons. The minimum atomic E-state index is -0.972. The molecule has 0 aromatic heterocycles. The fraction of sp³-hybridized carbons (Fsp3) is 0. The zero-order valence-electron chi connectivity index (χ0n) is 6.16. The first-order valence-corrected chi connectivity index (χ1v) is 3.21. The summed E-state index contributed by atoms with van der Waals surface area (Å²) >= 11 is 0. The van der Waals surface area contributed by atoms with E-state index in [1.54, 1.807) is 26.0 Å². The van der Waals surface area contributed by atoms with E-state index in [2.05, 4.69) is 0 Å². The SMILES string of the molecule is Bc1cccc(N)c1C(=O)O. The van der Waals surface area contributed by atoms with E-state index in [0.29, 0.717) is 11.2 Å². The second kappa shape index (κ2) is 2.66. The molecule has 0 unspecified atom stereocenters. The molecule has 0 atom stereocenters. The van der Waals surface area contributed by atoms with Crippen molar-refractivity contribution in [3.63, 3.8) is 0 Å². The molecule has 0 bridgehead atoms. The molecule has 1 aromatic rings. The van der Waals surface area contributed by atoms with Gasteiger partial charge < -0.3 is 10.8 Å². The first-order valence-electron chi connectivity index (χ1n) is 3.21. The molecule has 3 N–H and O–H groups in total. The van der Waals surface area contributed by atoms with Gasteiger partial charge in [-0.3, -0.25) is 0 Å². The zero-order valence-corrected chi connectivity index (χ0v) is 6.16. The first kappa shape index (κ1) is 7.66. The van der Waals surface area contributed by atoms with E-state index in [-0.39, 0.29) is 5.56 Å². The third-order valence-electron chi connectivity index (χ3n) is 1.52. The van der Waals surface area contributed by atoms with Crippen LogP contribution < -0.4 is 11.2 Å². The predicted molar refractivity (Wildman–Crippen MR) is 46.0 cm³/mol. The Bertz CT molecular complexity index is 278. The minimum Gasteiger partial charge on any atom is -0.478 e. The van der Waals surface area contributed by atoms with Crippen LogP contribution in [0, 0.1) is 0 Å². The highest BCUT2D eigenvalue weighted by Crippen LogP contribution is 2.06. The Kier molecular flexibility index (Phi) is 1.85. The van der Waals surface area contributed by atoms with E-state index in [9.17, 15) is 4.79 Å². The minimum absolute atomic E-state index is 0.201. The number of carboxylic acids is 1. The lowest BCUT2D eigenvalue weighted by Crippen LogP contribution is -2.17. The summed E-state index contributed by atoms with van der Waals surface area (Å²) in [6, 6.07) is 5.04. The maximum absolute atomic E-state index is 10.6. The second-order valence-electron chi connectivity index (χ2n) is 2.34. The average molecular weight is 149 g/mol. The number of aromatic carboxylic acids is 1. The second-order valence-corrected chi connectivity index (χ2v) is 2.34. The highest BCUT2D eigenvalue weighted by Gasteiger charge is 2.08. The highest BCUT2D eigenvalue weighted by molar-refractivity contribution is 6.36. The zero-order chi connectivity index (χ0) is 8.43. The van der Waals surface area contributed by atoms with Gasteiger partial charge in [0.25, 0.3) is 0 Å². The Morgan fingerprint density at radius 2 is 2.18 bits per heavy atom. The van der Waals surface area contributed by atoms with Gasteiger partial charge in [0.05, 0.1) is 5.56 Å². The number of hydrogen-bond acceptors (Lipinski definition) is 2. The van der Waals surface area contributed by atoms with Crippen LogP contribution in [0.3, 0.4) is 0 Å². The van der Waals surface area contributed by atoms with Gasteiger partial charge in [0.15, 0.2) is 0 Å². The molecule has 0 aliphatic heterocycles. The van der Waals surface area contributed by atoms with Gasteiger partial charge in [-0.1, -0.05) is 17.6 Å². The van der Waals surface area contributed by atoms with Crippen LogP contribution in [0.5, 0.6) is 0 Å². The fourth-order valence-corrected chi connectivity index (χ4v) is 0.983. The topological polar surface area (TPSA) is 63.3 Å². The summed E-state index contributed by atoms with van der Waals surface area (Å²) < 4.78 is 0. The maximum Gasteiger partial charge on any atom is 0.337 e. The number of nitrogen functional groups attached to an aromatic ring is 1. The van der Waals surface area contributed by atoms with E-state index >= 15 is 0 Å². The molecular weight excluding hydrogens is 141 g/mol. The molecule has 0 aliphatic carbocycles. The van der Waals surface area contributed by atoms with E-state index in [1.165, 1.54) is 0 Å². The molecule has 1 rings (SSSR count). The molecule has 0 heterocycles. The maximum atomic E-state index is 10.6. The lowest BCUT2D eigenvalue weighted by atomic mass is 9.90. The van der Waals surface area contributed by atoms with Crippen molar-refractivity contribution in [3.8, 4) is 0 Å². The molecule has 1 aromatic carbocycles. The van der Waals surface area contributed by atoms with Gasteiger partial charge in [-0.2, -0.15) is 0 Å². The molecule has 0 amide bonds. The van der Waals surface area contributed by atoms with Crippen LogP contribution in [-0.4, -0.2) is 18.9 Å². The normalized spacial score (nSPS) is 9.45. The van der Waals surface area contributed by atoms with E-state index in [0.717, 1.165) is 0 Å². The summed E-state index contributed by atoms with van der Waals surface area (Å²) in [6.07, 6.45) is 0. The van der Waals surface area contributed by atoms with E-state index in [4.69, 9.17) is 10.8 Å². The number of carbonyl (C=O) groups is 1. The molecule has 0 aliphatic rings. The van der Waals surface area contributed by atoms with Crippen LogP contribution in [0.1, 0.15) is 10.4 Å². The molecule has 56 valence electrons. The average Bonchev–Trinajstić information content (AvgIpc) is 1.85. The van der Waals surface area contributed by atoms with E-state index in [1.807, 2.05) is 0 Å². The standard InChI is InChI=1S/C7H8BNO2/c8-4-2-1-3-5(9)6(4)7(10)11/h1-3H,8-9H2,(H,10,11). The summed E-state index contributed by atoms with van der Waals surface area (Å²) in [4.78, 5) is 10.6. The monoisotopic (exact) mass is 149 g/mol. The van der Waals surface area contributed by atoms with Crippen molar-refractivity contribution in [1.82, 2.24) is 0 Å². The third kappa shape index (κ3) is 1.34. The largest absolute Gasteiger partial charge is 0.478 e. The van der Waals surface area contributed by atoms with Crippen molar-refractivity contribution in [1.29, 1.82) is 0 Å². The summed E-state index contributed by atoms with van der Waals surface area (Å²) in [5, 5.41) is 8.67. The third-order valence-corrected chi connectivity index (χ3v) is 1.52. The van der Waals surface area contributed by atoms with Crippen LogP contribution in [0.2, 0.25) is 0 Å². The lowest BCUT2D eigenvalue weighted by Gasteiger charge is -2.02. The van der Waals surface area contributed by atoms with Gasteiger partial charge in [0.2, 0.25) is 0 Å². The molecule has 4 heteroatoms. The van der Waals surface area contributed by atoms with Crippen LogP contribution >= 0.6 is 0 Å². The quantitative estimate of drug-likeness (QED) is 0.406. The van der Waals surface area contributed by atoms with Gasteiger partial charge >= 0.3 is 5.97 Å². The summed E-state index contributed by atoms with van der Waals surface area (Å²) in [5.74, 6) is -0.972. The summed E-state index contributed by atoms with van der Waals surface area (Å²) in [5.41, 5.74) is 6.65. The number of benzene rings is 1. The van der Waals surface area contributed by atoms with Crippen LogP contribution in [0.25, 0.3) is 0 Å². The Labute approximate surface area is 65.2 Å². The number of nitrogens with two attached hydrogens (primary N) is 1. The Morgan fingerprint density at radius 3 is 2.55 bits per heavy atom. The predicted octanol–water partition coefficient (Wildman–Crippen LogP) is -0.775. The van der Waals surface area contributed by atoms with Crippen LogP contribution in [-0.2, 0) is 0 Å². The molecule has 0 spiro atoms. The van der Waals surface area contributed by atoms with Gasteiger partial charge in [0.1, 0.15) is 7.85 Å². The number of rotatable bonds is 1. The van der Waals surface area contributed by atoms with E-state index < -0.39 is 5.97 Å². The fourth-order valence-electron chi connectivity index (χ4n) is 0.983. The molecule has 0 fully saturated rings. The Balaban J connectivity index is 3.32. The molecular formula is C7H8BNO2.